The van der Waals surface area contributed by atoms with Crippen molar-refractivity contribution in [1.82, 2.24) is 4.90 Å². The highest BCUT2D eigenvalue weighted by molar-refractivity contribution is 5.91. The third kappa shape index (κ3) is 5.06. The van der Waals surface area contributed by atoms with E-state index in [0.29, 0.717) is 18.7 Å². The fourth-order valence-corrected chi connectivity index (χ4v) is 1.79. The van der Waals surface area contributed by atoms with Crippen LogP contribution in [0.15, 0.2) is 24.3 Å². The van der Waals surface area contributed by atoms with Crippen LogP contribution >= 0.6 is 0 Å². The molecule has 1 aromatic carbocycles. The summed E-state index contributed by atoms with van der Waals surface area (Å²) in [6.07, 6.45) is 3.05. The molecule has 0 N–H and O–H groups in total. The van der Waals surface area contributed by atoms with Crippen LogP contribution < -0.4 is 9.47 Å². The second-order valence-corrected chi connectivity index (χ2v) is 4.13. The van der Waals surface area contributed by atoms with Gasteiger partial charge in [-0.2, -0.15) is 8.78 Å². The minimum atomic E-state index is -2.91. The highest BCUT2D eigenvalue weighted by Crippen LogP contribution is 2.29. The lowest BCUT2D eigenvalue weighted by atomic mass is 10.2. The van der Waals surface area contributed by atoms with Gasteiger partial charge in [0.2, 0.25) is 5.91 Å². The van der Waals surface area contributed by atoms with Crippen LogP contribution in [0.5, 0.6) is 11.5 Å². The number of likely N-dealkylation sites (N-methyl/N-ethyl adjacent to an activating group) is 1. The Bertz CT molecular complexity index is 500. The quantitative estimate of drug-likeness (QED) is 0.726. The molecule has 1 rings (SSSR count). The van der Waals surface area contributed by atoms with Crippen molar-refractivity contribution in [3.05, 3.63) is 29.8 Å². The second-order valence-electron chi connectivity index (χ2n) is 4.13. The fraction of sp³-hybridized carbons (Fsp3) is 0.400. The van der Waals surface area contributed by atoms with Crippen molar-refractivity contribution in [2.24, 2.45) is 0 Å². The average Bonchev–Trinajstić information content (AvgIpc) is 2.46. The molecule has 0 radical (unpaired) electrons. The molecule has 4 nitrogen and oxygen atoms in total. The highest BCUT2D eigenvalue weighted by atomic mass is 19.3. The fourth-order valence-electron chi connectivity index (χ4n) is 1.79. The molecule has 0 saturated carbocycles. The molecule has 0 aliphatic heterocycles. The van der Waals surface area contributed by atoms with Crippen LogP contribution in [0.2, 0.25) is 0 Å². The number of carbonyl (C=O) groups excluding carboxylic acids is 1. The summed E-state index contributed by atoms with van der Waals surface area (Å²) < 4.78 is 33.8. The van der Waals surface area contributed by atoms with Gasteiger partial charge in [-0.05, 0) is 37.6 Å². The van der Waals surface area contributed by atoms with Crippen LogP contribution in [0.4, 0.5) is 8.78 Å². The number of hydrogen-bond donors (Lipinski definition) is 0. The van der Waals surface area contributed by atoms with Crippen LogP contribution in [-0.2, 0) is 4.79 Å². The number of hydrogen-bond acceptors (Lipinski definition) is 3. The SMILES string of the molecule is CCN(CC)C(=O)C=Cc1ccc(OC(F)F)c(OC)c1. The first kappa shape index (κ1) is 16.9. The Hall–Kier alpha value is -2.11. The summed E-state index contributed by atoms with van der Waals surface area (Å²) in [6.45, 7) is 2.14. The second kappa shape index (κ2) is 8.24. The first-order valence-corrected chi connectivity index (χ1v) is 6.61. The minimum absolute atomic E-state index is 0.0419. The molecule has 0 aliphatic rings. The van der Waals surface area contributed by atoms with Crippen molar-refractivity contribution < 1.29 is 23.0 Å². The Morgan fingerprint density at radius 2 is 1.95 bits per heavy atom. The molecule has 0 unspecified atom stereocenters. The lowest BCUT2D eigenvalue weighted by molar-refractivity contribution is -0.125. The number of ether oxygens (including phenoxy) is 2. The number of rotatable bonds is 7. The molecule has 0 spiro atoms. The lowest BCUT2D eigenvalue weighted by Gasteiger charge is -2.15. The molecular formula is C15H19F2NO3. The predicted molar refractivity (Wildman–Crippen MR) is 76.6 cm³/mol. The largest absolute Gasteiger partial charge is 0.493 e. The molecule has 0 bridgehead atoms. The number of alkyl halides is 2. The molecule has 1 aromatic rings. The zero-order valence-electron chi connectivity index (χ0n) is 12.3. The molecule has 0 fully saturated rings. The van der Waals surface area contributed by atoms with Crippen LogP contribution in [0.25, 0.3) is 6.08 Å². The zero-order chi connectivity index (χ0) is 15.8. The van der Waals surface area contributed by atoms with Gasteiger partial charge < -0.3 is 14.4 Å². The number of carbonyl (C=O) groups is 1. The Balaban J connectivity index is 2.87. The van der Waals surface area contributed by atoms with Gasteiger partial charge >= 0.3 is 6.61 Å². The molecule has 1 amide bonds. The predicted octanol–water partition coefficient (Wildman–Crippen LogP) is 3.18. The zero-order valence-corrected chi connectivity index (χ0v) is 12.3. The maximum absolute atomic E-state index is 12.2. The summed E-state index contributed by atoms with van der Waals surface area (Å²) in [4.78, 5) is 13.5. The third-order valence-electron chi connectivity index (χ3n) is 2.90. The van der Waals surface area contributed by atoms with Gasteiger partial charge in [-0.15, -0.1) is 0 Å². The summed E-state index contributed by atoms with van der Waals surface area (Å²) >= 11 is 0. The van der Waals surface area contributed by atoms with E-state index in [1.54, 1.807) is 17.0 Å². The number of amides is 1. The molecule has 6 heteroatoms. The van der Waals surface area contributed by atoms with Crippen LogP contribution in [0.3, 0.4) is 0 Å². The maximum Gasteiger partial charge on any atom is 0.387 e. The van der Waals surface area contributed by atoms with Gasteiger partial charge in [-0.25, -0.2) is 0 Å². The number of nitrogens with zero attached hydrogens (tertiary/aromatic N) is 1. The van der Waals surface area contributed by atoms with Crippen LogP contribution in [0, 0.1) is 0 Å². The summed E-state index contributed by atoms with van der Waals surface area (Å²) in [5.74, 6) is 0.0410. The Labute approximate surface area is 123 Å². The number of benzene rings is 1. The van der Waals surface area contributed by atoms with E-state index >= 15 is 0 Å². The third-order valence-corrected chi connectivity index (χ3v) is 2.90. The van der Waals surface area contributed by atoms with Crippen LogP contribution in [0.1, 0.15) is 19.4 Å². The van der Waals surface area contributed by atoms with Crippen LogP contribution in [-0.4, -0.2) is 37.6 Å². The highest BCUT2D eigenvalue weighted by Gasteiger charge is 2.10. The van der Waals surface area contributed by atoms with Crippen molar-refractivity contribution in [3.63, 3.8) is 0 Å². The molecule has 0 heterocycles. The van der Waals surface area contributed by atoms with E-state index in [4.69, 9.17) is 4.74 Å². The van der Waals surface area contributed by atoms with E-state index < -0.39 is 6.61 Å². The normalized spacial score (nSPS) is 11.0. The van der Waals surface area contributed by atoms with Crippen molar-refractivity contribution >= 4 is 12.0 Å². The Morgan fingerprint density at radius 3 is 2.48 bits per heavy atom. The smallest absolute Gasteiger partial charge is 0.387 e. The molecule has 0 aliphatic carbocycles. The first-order valence-electron chi connectivity index (χ1n) is 6.61. The van der Waals surface area contributed by atoms with E-state index in [2.05, 4.69) is 4.74 Å². The van der Waals surface area contributed by atoms with Gasteiger partial charge in [-0.3, -0.25) is 4.79 Å². The summed E-state index contributed by atoms with van der Waals surface area (Å²) in [6, 6.07) is 4.49. The van der Waals surface area contributed by atoms with Crippen molar-refractivity contribution in [2.45, 2.75) is 20.5 Å². The first-order chi connectivity index (χ1) is 10.0. The monoisotopic (exact) mass is 299 g/mol. The molecule has 0 atom stereocenters. The Kier molecular flexibility index (Phi) is 6.65. The van der Waals surface area contributed by atoms with Gasteiger partial charge in [0, 0.05) is 19.2 Å². The molecule has 116 valence electrons. The van der Waals surface area contributed by atoms with E-state index in [-0.39, 0.29) is 17.4 Å². The van der Waals surface area contributed by atoms with E-state index in [1.807, 2.05) is 13.8 Å². The van der Waals surface area contributed by atoms with Gasteiger partial charge in [0.15, 0.2) is 11.5 Å². The summed E-state index contributed by atoms with van der Waals surface area (Å²) in [5, 5.41) is 0. The van der Waals surface area contributed by atoms with Crippen molar-refractivity contribution in [1.29, 1.82) is 0 Å². The van der Waals surface area contributed by atoms with E-state index in [1.165, 1.54) is 25.3 Å². The number of halogens is 2. The topological polar surface area (TPSA) is 38.8 Å². The number of methoxy groups -OCH3 is 1. The Morgan fingerprint density at radius 1 is 1.29 bits per heavy atom. The lowest BCUT2D eigenvalue weighted by Crippen LogP contribution is -2.28. The maximum atomic E-state index is 12.2. The standard InChI is InChI=1S/C15H19F2NO3/c1-4-18(5-2)14(19)9-7-11-6-8-12(21-15(16)17)13(10-11)20-3/h6-10,15H,4-5H2,1-3H3. The van der Waals surface area contributed by atoms with Gasteiger partial charge in [-0.1, -0.05) is 6.07 Å². The summed E-state index contributed by atoms with van der Waals surface area (Å²) in [7, 11) is 1.36. The van der Waals surface area contributed by atoms with Gasteiger partial charge in [0.05, 0.1) is 7.11 Å². The van der Waals surface area contributed by atoms with E-state index in [0.717, 1.165) is 0 Å². The van der Waals surface area contributed by atoms with E-state index in [9.17, 15) is 13.6 Å². The summed E-state index contributed by atoms with van der Waals surface area (Å²) in [5.41, 5.74) is 0.661. The van der Waals surface area contributed by atoms with Gasteiger partial charge in [0.1, 0.15) is 0 Å². The van der Waals surface area contributed by atoms with Crippen molar-refractivity contribution in [3.8, 4) is 11.5 Å². The minimum Gasteiger partial charge on any atom is -0.493 e. The molecule has 0 saturated heterocycles. The molecular weight excluding hydrogens is 280 g/mol. The molecule has 0 aromatic heterocycles. The average molecular weight is 299 g/mol. The molecule has 21 heavy (non-hydrogen) atoms. The van der Waals surface area contributed by atoms with Crippen molar-refractivity contribution in [2.75, 3.05) is 20.2 Å². The van der Waals surface area contributed by atoms with Gasteiger partial charge in [0.25, 0.3) is 0 Å².